The summed E-state index contributed by atoms with van der Waals surface area (Å²) in [6, 6.07) is 20.4. The molecular formula is C28H25N5O2. The van der Waals surface area contributed by atoms with Crippen molar-refractivity contribution in [2.24, 2.45) is 5.92 Å². The van der Waals surface area contributed by atoms with Crippen molar-refractivity contribution in [2.75, 3.05) is 13.1 Å². The molecule has 35 heavy (non-hydrogen) atoms. The molecule has 1 N–H and O–H groups in total. The number of likely N-dealkylation sites (tertiary alicyclic amines) is 1. The Morgan fingerprint density at radius 2 is 1.74 bits per heavy atom. The van der Waals surface area contributed by atoms with E-state index < -0.39 is 6.10 Å². The van der Waals surface area contributed by atoms with E-state index in [-0.39, 0.29) is 5.92 Å². The molecule has 0 spiro atoms. The van der Waals surface area contributed by atoms with Crippen molar-refractivity contribution in [1.82, 2.24) is 19.6 Å². The number of nitrogens with zero attached hydrogens (tertiary/aromatic N) is 5. The predicted octanol–water partition coefficient (Wildman–Crippen LogP) is 3.99. The summed E-state index contributed by atoms with van der Waals surface area (Å²) in [5.41, 5.74) is 4.79. The predicted molar refractivity (Wildman–Crippen MR) is 131 cm³/mol. The fourth-order valence-corrected chi connectivity index (χ4v) is 4.11. The maximum Gasteiger partial charge on any atom is 0.167 e. The van der Waals surface area contributed by atoms with E-state index in [1.165, 1.54) is 5.56 Å². The summed E-state index contributed by atoms with van der Waals surface area (Å²) in [5, 5.41) is 22.9. The Balaban J connectivity index is 1.19. The summed E-state index contributed by atoms with van der Waals surface area (Å²) in [4.78, 5) is 6.46. The molecule has 7 heteroatoms. The lowest BCUT2D eigenvalue weighted by molar-refractivity contribution is 0.127. The van der Waals surface area contributed by atoms with Crippen LogP contribution in [0.25, 0.3) is 11.3 Å². The molecule has 7 nitrogen and oxygen atoms in total. The Hall–Kier alpha value is -4.17. The molecule has 5 rings (SSSR count). The van der Waals surface area contributed by atoms with Crippen LogP contribution in [0.3, 0.4) is 0 Å². The average molecular weight is 464 g/mol. The first-order valence-corrected chi connectivity index (χ1v) is 11.6. The number of aromatic nitrogens is 3. The zero-order chi connectivity index (χ0) is 24.2. The third kappa shape index (κ3) is 5.33. The molecule has 1 atom stereocenters. The summed E-state index contributed by atoms with van der Waals surface area (Å²) in [6.45, 7) is 4.76. The standard InChI is InChI=1S/C28H25N5O2/c1-20(34)28-30-12-13-33(28)19-26-14-27(35-31-26)25-10-8-22(9-11-25)3-2-21-4-6-23(7-5-21)16-32-17-24(15-29)18-32/h4-14,20,24,34H,16-19H2,1H3/t20-/m0/s1. The Bertz CT molecular complexity index is 1390. The molecule has 1 fully saturated rings. The van der Waals surface area contributed by atoms with Gasteiger partial charge in [-0.3, -0.25) is 4.90 Å². The molecule has 2 aromatic carbocycles. The van der Waals surface area contributed by atoms with Gasteiger partial charge in [0, 0.05) is 54.8 Å². The third-order valence-corrected chi connectivity index (χ3v) is 6.03. The van der Waals surface area contributed by atoms with Crippen LogP contribution in [0.2, 0.25) is 0 Å². The van der Waals surface area contributed by atoms with Gasteiger partial charge >= 0.3 is 0 Å². The van der Waals surface area contributed by atoms with Gasteiger partial charge in [0.25, 0.3) is 0 Å². The quantitative estimate of drug-likeness (QED) is 0.435. The van der Waals surface area contributed by atoms with Crippen molar-refractivity contribution in [2.45, 2.75) is 26.1 Å². The van der Waals surface area contributed by atoms with Gasteiger partial charge in [-0.05, 0) is 48.9 Å². The molecule has 4 aromatic rings. The van der Waals surface area contributed by atoms with Crippen molar-refractivity contribution < 1.29 is 9.63 Å². The van der Waals surface area contributed by atoms with Gasteiger partial charge in [0.05, 0.1) is 18.5 Å². The Morgan fingerprint density at radius 3 is 2.40 bits per heavy atom. The van der Waals surface area contributed by atoms with Crippen LogP contribution < -0.4 is 0 Å². The molecule has 174 valence electrons. The zero-order valence-electron chi connectivity index (χ0n) is 19.4. The molecule has 0 saturated carbocycles. The number of rotatable bonds is 6. The van der Waals surface area contributed by atoms with Crippen molar-refractivity contribution in [3.05, 3.63) is 95.2 Å². The number of hydrogen-bond acceptors (Lipinski definition) is 6. The van der Waals surface area contributed by atoms with E-state index in [0.29, 0.717) is 18.1 Å². The fourth-order valence-electron chi connectivity index (χ4n) is 4.11. The molecule has 0 aliphatic carbocycles. The number of aliphatic hydroxyl groups excluding tert-OH is 1. The summed E-state index contributed by atoms with van der Waals surface area (Å²) >= 11 is 0. The first-order valence-electron chi connectivity index (χ1n) is 11.6. The highest BCUT2D eigenvalue weighted by atomic mass is 16.5. The molecular weight excluding hydrogens is 438 g/mol. The van der Waals surface area contributed by atoms with Crippen LogP contribution in [0.5, 0.6) is 0 Å². The van der Waals surface area contributed by atoms with Gasteiger partial charge in [0.15, 0.2) is 5.76 Å². The number of nitriles is 1. The normalized spacial score (nSPS) is 14.5. The van der Waals surface area contributed by atoms with Gasteiger partial charge in [0.1, 0.15) is 17.6 Å². The van der Waals surface area contributed by atoms with E-state index in [0.717, 1.165) is 42.0 Å². The first kappa shape index (κ1) is 22.6. The third-order valence-electron chi connectivity index (χ3n) is 6.03. The Labute approximate surface area is 204 Å². The van der Waals surface area contributed by atoms with Crippen LogP contribution in [-0.2, 0) is 13.1 Å². The molecule has 1 aliphatic rings. The van der Waals surface area contributed by atoms with E-state index in [1.807, 2.05) is 53.2 Å². The number of benzene rings is 2. The zero-order valence-corrected chi connectivity index (χ0v) is 19.4. The van der Waals surface area contributed by atoms with E-state index in [2.05, 4.69) is 45.1 Å². The van der Waals surface area contributed by atoms with Crippen LogP contribution in [0.1, 0.15) is 41.2 Å². The van der Waals surface area contributed by atoms with Crippen molar-refractivity contribution in [3.63, 3.8) is 0 Å². The molecule has 0 unspecified atom stereocenters. The fraction of sp³-hybridized carbons (Fsp3) is 0.250. The van der Waals surface area contributed by atoms with Gasteiger partial charge in [-0.1, -0.05) is 29.1 Å². The number of hydrogen-bond donors (Lipinski definition) is 1. The highest BCUT2D eigenvalue weighted by molar-refractivity contribution is 5.59. The van der Waals surface area contributed by atoms with Crippen molar-refractivity contribution >= 4 is 0 Å². The minimum atomic E-state index is -0.647. The van der Waals surface area contributed by atoms with Gasteiger partial charge in [0.2, 0.25) is 0 Å². The number of imidazole rings is 1. The monoisotopic (exact) mass is 463 g/mol. The first-order chi connectivity index (χ1) is 17.1. The SMILES string of the molecule is C[C@H](O)c1nccn1Cc1cc(-c2ccc(C#Cc3ccc(CN4CC(C#N)C4)cc3)cc2)on1. The highest BCUT2D eigenvalue weighted by Crippen LogP contribution is 2.22. The van der Waals surface area contributed by atoms with Crippen molar-refractivity contribution in [3.8, 4) is 29.2 Å². The van der Waals surface area contributed by atoms with Crippen LogP contribution >= 0.6 is 0 Å². The number of aliphatic hydroxyl groups is 1. The summed E-state index contributed by atoms with van der Waals surface area (Å²) < 4.78 is 7.38. The lowest BCUT2D eigenvalue weighted by Gasteiger charge is -2.35. The molecule has 1 saturated heterocycles. The second kappa shape index (κ2) is 9.99. The van der Waals surface area contributed by atoms with Gasteiger partial charge < -0.3 is 14.2 Å². The average Bonchev–Trinajstić information content (AvgIpc) is 3.51. The minimum Gasteiger partial charge on any atom is -0.385 e. The van der Waals surface area contributed by atoms with Crippen LogP contribution in [0.15, 0.2) is 71.5 Å². The summed E-state index contributed by atoms with van der Waals surface area (Å²) in [7, 11) is 0. The van der Waals surface area contributed by atoms with Gasteiger partial charge in [-0.2, -0.15) is 5.26 Å². The molecule has 2 aromatic heterocycles. The van der Waals surface area contributed by atoms with Crippen LogP contribution in [0.4, 0.5) is 0 Å². The molecule has 0 radical (unpaired) electrons. The van der Waals surface area contributed by atoms with E-state index in [4.69, 9.17) is 9.78 Å². The molecule has 3 heterocycles. The molecule has 1 aliphatic heterocycles. The van der Waals surface area contributed by atoms with Gasteiger partial charge in [-0.25, -0.2) is 4.98 Å². The smallest absolute Gasteiger partial charge is 0.167 e. The Morgan fingerprint density at radius 1 is 1.06 bits per heavy atom. The summed E-state index contributed by atoms with van der Waals surface area (Å²) in [6.07, 6.45) is 2.83. The van der Waals surface area contributed by atoms with Crippen molar-refractivity contribution in [1.29, 1.82) is 5.26 Å². The second-order valence-electron chi connectivity index (χ2n) is 8.82. The Kier molecular flexibility index (Phi) is 6.45. The highest BCUT2D eigenvalue weighted by Gasteiger charge is 2.25. The summed E-state index contributed by atoms with van der Waals surface area (Å²) in [5.74, 6) is 7.88. The second-order valence-corrected chi connectivity index (χ2v) is 8.82. The maximum atomic E-state index is 9.82. The van der Waals surface area contributed by atoms with E-state index >= 15 is 0 Å². The molecule has 0 amide bonds. The maximum absolute atomic E-state index is 9.82. The minimum absolute atomic E-state index is 0.184. The van der Waals surface area contributed by atoms with Crippen LogP contribution in [0, 0.1) is 29.1 Å². The van der Waals surface area contributed by atoms with E-state index in [1.54, 1.807) is 13.1 Å². The lowest BCUT2D eigenvalue weighted by Crippen LogP contribution is -2.45. The van der Waals surface area contributed by atoms with Gasteiger partial charge in [-0.15, -0.1) is 0 Å². The van der Waals surface area contributed by atoms with Crippen LogP contribution in [-0.4, -0.2) is 37.8 Å². The largest absolute Gasteiger partial charge is 0.385 e. The lowest BCUT2D eigenvalue weighted by atomic mass is 10.0. The van der Waals surface area contributed by atoms with E-state index in [9.17, 15) is 5.11 Å². The topological polar surface area (TPSA) is 91.1 Å². The molecule has 0 bridgehead atoms.